The second-order valence-corrected chi connectivity index (χ2v) is 8.82. The van der Waals surface area contributed by atoms with Gasteiger partial charge in [0, 0.05) is 23.5 Å². The molecule has 0 atom stereocenters. The third kappa shape index (κ3) is 7.26. The van der Waals surface area contributed by atoms with E-state index in [1.54, 1.807) is 17.5 Å². The quantitative estimate of drug-likeness (QED) is 0.639. The maximum absolute atomic E-state index is 12.8. The number of anilines is 1. The van der Waals surface area contributed by atoms with Crippen LogP contribution in [0, 0.1) is 12.8 Å². The highest BCUT2D eigenvalue weighted by atomic mass is 32.1. The Morgan fingerprint density at radius 3 is 2.33 bits per heavy atom. The van der Waals surface area contributed by atoms with E-state index in [4.69, 9.17) is 0 Å². The van der Waals surface area contributed by atoms with Crippen molar-refractivity contribution in [2.75, 3.05) is 18.4 Å². The zero-order valence-corrected chi connectivity index (χ0v) is 19.0. The van der Waals surface area contributed by atoms with Crippen LogP contribution in [0.5, 0.6) is 0 Å². The Hall–Kier alpha value is -2.74. The number of hydrogen-bond acceptors (Lipinski definition) is 5. The normalized spacial score (nSPS) is 10.9. The van der Waals surface area contributed by atoms with E-state index in [1.165, 1.54) is 16.2 Å². The molecule has 3 amide bonds. The summed E-state index contributed by atoms with van der Waals surface area (Å²) >= 11 is 1.26. The van der Waals surface area contributed by atoms with Crippen molar-refractivity contribution in [1.29, 1.82) is 0 Å². The average molecular weight is 431 g/mol. The second-order valence-electron chi connectivity index (χ2n) is 7.96. The molecule has 0 aliphatic carbocycles. The predicted octanol–water partition coefficient (Wildman–Crippen LogP) is 3.26. The van der Waals surface area contributed by atoms with Gasteiger partial charge in [0.2, 0.25) is 11.8 Å². The number of carbonyl (C=O) groups is 3. The summed E-state index contributed by atoms with van der Waals surface area (Å²) in [6, 6.07) is 7.15. The number of aryl methyl sites for hydroxylation is 1. The van der Waals surface area contributed by atoms with Crippen molar-refractivity contribution in [3.05, 3.63) is 46.5 Å². The highest BCUT2D eigenvalue weighted by Crippen LogP contribution is 2.16. The summed E-state index contributed by atoms with van der Waals surface area (Å²) in [5, 5.41) is 7.74. The van der Waals surface area contributed by atoms with Gasteiger partial charge in [-0.1, -0.05) is 31.5 Å². The summed E-state index contributed by atoms with van der Waals surface area (Å²) in [6.45, 7) is 10.3. The topological polar surface area (TPSA) is 91.4 Å². The van der Waals surface area contributed by atoms with Gasteiger partial charge in [-0.2, -0.15) is 0 Å². The number of hydrogen-bond donors (Lipinski definition) is 2. The zero-order chi connectivity index (χ0) is 22.3. The molecule has 2 aromatic rings. The third-order valence-corrected chi connectivity index (χ3v) is 5.15. The molecule has 1 heterocycles. The molecule has 162 valence electrons. The van der Waals surface area contributed by atoms with E-state index in [0.717, 1.165) is 5.56 Å². The van der Waals surface area contributed by atoms with Gasteiger partial charge in [-0.3, -0.25) is 14.4 Å². The SMILES string of the molecule is Cc1ccc(C(=O)N(CC(=O)Nc2nc(CC(=O)NCC(C)C)cs2)C(C)C)cc1. The Labute approximate surface area is 181 Å². The van der Waals surface area contributed by atoms with Crippen molar-refractivity contribution in [3.63, 3.8) is 0 Å². The van der Waals surface area contributed by atoms with Crippen molar-refractivity contribution >= 4 is 34.2 Å². The lowest BCUT2D eigenvalue weighted by Crippen LogP contribution is -2.42. The number of thiazole rings is 1. The minimum atomic E-state index is -0.325. The van der Waals surface area contributed by atoms with Crippen molar-refractivity contribution in [2.45, 2.75) is 47.1 Å². The fourth-order valence-electron chi connectivity index (χ4n) is 2.65. The summed E-state index contributed by atoms with van der Waals surface area (Å²) in [6.07, 6.45) is 0.170. The lowest BCUT2D eigenvalue weighted by molar-refractivity contribution is -0.120. The molecule has 0 aliphatic heterocycles. The Morgan fingerprint density at radius 2 is 1.73 bits per heavy atom. The van der Waals surface area contributed by atoms with Crippen LogP contribution in [0.15, 0.2) is 29.6 Å². The first-order valence-electron chi connectivity index (χ1n) is 10.0. The van der Waals surface area contributed by atoms with Gasteiger partial charge in [0.1, 0.15) is 6.54 Å². The summed E-state index contributed by atoms with van der Waals surface area (Å²) in [7, 11) is 0. The van der Waals surface area contributed by atoms with Gasteiger partial charge in [0.15, 0.2) is 5.13 Å². The number of amides is 3. The molecular weight excluding hydrogens is 400 g/mol. The van der Waals surface area contributed by atoms with Gasteiger partial charge in [-0.25, -0.2) is 4.98 Å². The van der Waals surface area contributed by atoms with E-state index in [9.17, 15) is 14.4 Å². The van der Waals surface area contributed by atoms with Crippen molar-refractivity contribution in [3.8, 4) is 0 Å². The fraction of sp³-hybridized carbons (Fsp3) is 0.455. The first-order valence-corrected chi connectivity index (χ1v) is 10.9. The molecule has 1 aromatic heterocycles. The molecule has 0 saturated heterocycles. The molecule has 0 aliphatic rings. The van der Waals surface area contributed by atoms with Crippen LogP contribution in [0.1, 0.15) is 49.3 Å². The molecule has 2 N–H and O–H groups in total. The second kappa shape index (κ2) is 10.9. The first-order chi connectivity index (χ1) is 14.2. The standard InChI is InChI=1S/C22H30N4O3S/c1-14(2)11-23-19(27)10-18-13-30-22(24-18)25-20(28)12-26(15(3)4)21(29)17-8-6-16(5)7-9-17/h6-9,13-15H,10-12H2,1-5H3,(H,23,27)(H,24,25,28). The van der Waals surface area contributed by atoms with Gasteiger partial charge in [-0.15, -0.1) is 11.3 Å². The van der Waals surface area contributed by atoms with Crippen molar-refractivity contribution < 1.29 is 14.4 Å². The Bertz CT molecular complexity index is 875. The third-order valence-electron chi connectivity index (χ3n) is 4.34. The minimum Gasteiger partial charge on any atom is -0.356 e. The van der Waals surface area contributed by atoms with Gasteiger partial charge in [0.05, 0.1) is 12.1 Å². The molecule has 7 nitrogen and oxygen atoms in total. The smallest absolute Gasteiger partial charge is 0.254 e. The molecule has 0 bridgehead atoms. The Kier molecular flexibility index (Phi) is 8.53. The molecule has 2 rings (SSSR count). The maximum atomic E-state index is 12.8. The average Bonchev–Trinajstić information content (AvgIpc) is 3.10. The predicted molar refractivity (Wildman–Crippen MR) is 120 cm³/mol. The molecule has 0 radical (unpaired) electrons. The van der Waals surface area contributed by atoms with E-state index < -0.39 is 0 Å². The molecule has 0 spiro atoms. The summed E-state index contributed by atoms with van der Waals surface area (Å²) in [5.74, 6) is -0.233. The molecule has 8 heteroatoms. The van der Waals surface area contributed by atoms with Gasteiger partial charge in [0.25, 0.3) is 5.91 Å². The Balaban J connectivity index is 1.94. The summed E-state index contributed by atoms with van der Waals surface area (Å²) in [4.78, 5) is 43.1. The zero-order valence-electron chi connectivity index (χ0n) is 18.2. The first kappa shape index (κ1) is 23.5. The summed E-state index contributed by atoms with van der Waals surface area (Å²) in [5.41, 5.74) is 2.22. The van der Waals surface area contributed by atoms with Crippen LogP contribution in [0.4, 0.5) is 5.13 Å². The number of nitrogens with one attached hydrogen (secondary N) is 2. The lowest BCUT2D eigenvalue weighted by Gasteiger charge is -2.26. The van der Waals surface area contributed by atoms with Crippen LogP contribution in [0.3, 0.4) is 0 Å². The Morgan fingerprint density at radius 1 is 1.07 bits per heavy atom. The molecule has 0 fully saturated rings. The van der Waals surface area contributed by atoms with Crippen molar-refractivity contribution in [1.82, 2.24) is 15.2 Å². The van der Waals surface area contributed by atoms with Crippen LogP contribution >= 0.6 is 11.3 Å². The van der Waals surface area contributed by atoms with E-state index >= 15 is 0 Å². The number of carbonyl (C=O) groups excluding carboxylic acids is 3. The van der Waals surface area contributed by atoms with Gasteiger partial charge < -0.3 is 15.5 Å². The van der Waals surface area contributed by atoms with Crippen molar-refractivity contribution in [2.24, 2.45) is 5.92 Å². The van der Waals surface area contributed by atoms with E-state index in [-0.39, 0.29) is 36.7 Å². The molecule has 0 unspecified atom stereocenters. The number of rotatable bonds is 9. The number of benzene rings is 1. The van der Waals surface area contributed by atoms with E-state index in [0.29, 0.717) is 28.9 Å². The maximum Gasteiger partial charge on any atom is 0.254 e. The van der Waals surface area contributed by atoms with E-state index in [2.05, 4.69) is 15.6 Å². The largest absolute Gasteiger partial charge is 0.356 e. The van der Waals surface area contributed by atoms with Gasteiger partial charge in [-0.05, 0) is 38.8 Å². The minimum absolute atomic E-state index is 0.0752. The molecular formula is C22H30N4O3S. The molecule has 30 heavy (non-hydrogen) atoms. The monoisotopic (exact) mass is 430 g/mol. The number of nitrogens with zero attached hydrogens (tertiary/aromatic N) is 2. The van der Waals surface area contributed by atoms with Crippen LogP contribution in [0.2, 0.25) is 0 Å². The highest BCUT2D eigenvalue weighted by Gasteiger charge is 2.22. The van der Waals surface area contributed by atoms with Crippen LogP contribution < -0.4 is 10.6 Å². The number of aromatic nitrogens is 1. The van der Waals surface area contributed by atoms with Crippen LogP contribution in [-0.2, 0) is 16.0 Å². The summed E-state index contributed by atoms with van der Waals surface area (Å²) < 4.78 is 0. The lowest BCUT2D eigenvalue weighted by atomic mass is 10.1. The fourth-order valence-corrected chi connectivity index (χ4v) is 3.38. The molecule has 1 aromatic carbocycles. The van der Waals surface area contributed by atoms with Crippen LogP contribution in [-0.4, -0.2) is 46.7 Å². The molecule has 0 saturated carbocycles. The van der Waals surface area contributed by atoms with Crippen LogP contribution in [0.25, 0.3) is 0 Å². The highest BCUT2D eigenvalue weighted by molar-refractivity contribution is 7.13. The van der Waals surface area contributed by atoms with E-state index in [1.807, 2.05) is 46.8 Å². The van der Waals surface area contributed by atoms with Gasteiger partial charge >= 0.3 is 0 Å².